The Hall–Kier alpha value is -0.790. The number of rotatable bonds is 8. The number of carbonyl (C=O) groups is 1. The summed E-state index contributed by atoms with van der Waals surface area (Å²) >= 11 is 0. The summed E-state index contributed by atoms with van der Waals surface area (Å²) in [6.45, 7) is 5.93. The molecule has 1 saturated carbocycles. The molecule has 0 heterocycles. The highest BCUT2D eigenvalue weighted by atomic mass is 16.4. The van der Waals surface area contributed by atoms with Crippen molar-refractivity contribution in [2.24, 2.45) is 11.3 Å². The van der Waals surface area contributed by atoms with E-state index in [0.717, 1.165) is 50.9 Å². The smallest absolute Gasteiger partial charge is 0.309 e. The summed E-state index contributed by atoms with van der Waals surface area (Å²) < 4.78 is 0. The van der Waals surface area contributed by atoms with Gasteiger partial charge in [-0.1, -0.05) is 32.3 Å². The summed E-state index contributed by atoms with van der Waals surface area (Å²) in [7, 11) is 0. The van der Waals surface area contributed by atoms with E-state index in [0.29, 0.717) is 0 Å². The first-order valence-corrected chi connectivity index (χ1v) is 7.49. The summed E-state index contributed by atoms with van der Waals surface area (Å²) in [5.41, 5.74) is -0.425. The molecule has 0 saturated heterocycles. The van der Waals surface area contributed by atoms with Gasteiger partial charge in [0.2, 0.25) is 0 Å². The van der Waals surface area contributed by atoms with E-state index in [1.54, 1.807) is 0 Å². The van der Waals surface area contributed by atoms with Crippen LogP contribution in [0.4, 0.5) is 0 Å². The van der Waals surface area contributed by atoms with Crippen LogP contribution in [0.2, 0.25) is 0 Å². The second kappa shape index (κ2) is 7.60. The van der Waals surface area contributed by atoms with Crippen LogP contribution < -0.4 is 0 Å². The van der Waals surface area contributed by atoms with E-state index in [2.05, 4.69) is 13.5 Å². The molecule has 0 radical (unpaired) electrons. The minimum atomic E-state index is -0.569. The molecule has 18 heavy (non-hydrogen) atoms. The lowest BCUT2D eigenvalue weighted by atomic mass is 9.67. The van der Waals surface area contributed by atoms with E-state index >= 15 is 0 Å². The van der Waals surface area contributed by atoms with Crippen molar-refractivity contribution in [3.63, 3.8) is 0 Å². The molecule has 0 unspecified atom stereocenters. The van der Waals surface area contributed by atoms with Crippen molar-refractivity contribution < 1.29 is 9.90 Å². The molecule has 0 bridgehead atoms. The molecule has 1 aliphatic rings. The average Bonchev–Trinajstić information content (AvgIpc) is 2.38. The molecular weight excluding hydrogens is 224 g/mol. The Balaban J connectivity index is 2.46. The van der Waals surface area contributed by atoms with Gasteiger partial charge in [0.05, 0.1) is 5.41 Å². The van der Waals surface area contributed by atoms with Gasteiger partial charge in [-0.15, -0.1) is 6.58 Å². The molecule has 0 amide bonds. The van der Waals surface area contributed by atoms with Crippen LogP contribution >= 0.6 is 0 Å². The highest BCUT2D eigenvalue weighted by Gasteiger charge is 2.40. The van der Waals surface area contributed by atoms with E-state index in [-0.39, 0.29) is 0 Å². The summed E-state index contributed by atoms with van der Waals surface area (Å²) in [6.07, 6.45) is 12.4. The van der Waals surface area contributed by atoms with Crippen LogP contribution in [0.3, 0.4) is 0 Å². The Kier molecular flexibility index (Phi) is 6.45. The Morgan fingerprint density at radius 1 is 1.39 bits per heavy atom. The molecule has 1 rings (SSSR count). The molecule has 104 valence electrons. The van der Waals surface area contributed by atoms with Gasteiger partial charge in [-0.05, 0) is 50.9 Å². The van der Waals surface area contributed by atoms with Gasteiger partial charge in [0.25, 0.3) is 0 Å². The average molecular weight is 252 g/mol. The van der Waals surface area contributed by atoms with Crippen molar-refractivity contribution >= 4 is 5.97 Å². The predicted octanol–water partition coefficient (Wildman–Crippen LogP) is 4.79. The molecule has 2 nitrogen and oxygen atoms in total. The van der Waals surface area contributed by atoms with Crippen molar-refractivity contribution in [1.82, 2.24) is 0 Å². The van der Waals surface area contributed by atoms with E-state index in [1.165, 1.54) is 19.3 Å². The fourth-order valence-corrected chi connectivity index (χ4v) is 3.17. The fourth-order valence-electron chi connectivity index (χ4n) is 3.17. The zero-order valence-corrected chi connectivity index (χ0v) is 11.8. The molecular formula is C16H28O2. The van der Waals surface area contributed by atoms with Gasteiger partial charge >= 0.3 is 5.97 Å². The Labute approximate surface area is 111 Å². The molecule has 0 aromatic heterocycles. The van der Waals surface area contributed by atoms with Crippen LogP contribution in [-0.4, -0.2) is 11.1 Å². The van der Waals surface area contributed by atoms with Crippen LogP contribution in [0.1, 0.15) is 71.1 Å². The van der Waals surface area contributed by atoms with Gasteiger partial charge in [0.15, 0.2) is 0 Å². The van der Waals surface area contributed by atoms with Crippen LogP contribution in [0.25, 0.3) is 0 Å². The Bertz CT molecular complexity index is 262. The number of hydrogen-bond acceptors (Lipinski definition) is 1. The maximum absolute atomic E-state index is 11.6. The molecule has 0 atom stereocenters. The fraction of sp³-hybridized carbons (Fsp3) is 0.812. The van der Waals surface area contributed by atoms with Crippen LogP contribution in [0.5, 0.6) is 0 Å². The first-order chi connectivity index (χ1) is 8.64. The highest BCUT2D eigenvalue weighted by molar-refractivity contribution is 5.74. The number of allylic oxidation sites excluding steroid dienone is 1. The predicted molar refractivity (Wildman–Crippen MR) is 75.6 cm³/mol. The number of unbranched alkanes of at least 4 members (excludes halogenated alkanes) is 2. The van der Waals surface area contributed by atoms with Crippen molar-refractivity contribution in [3.05, 3.63) is 12.7 Å². The third-order valence-corrected chi connectivity index (χ3v) is 4.55. The zero-order valence-electron chi connectivity index (χ0n) is 11.8. The Morgan fingerprint density at radius 2 is 2.06 bits per heavy atom. The van der Waals surface area contributed by atoms with Crippen molar-refractivity contribution in [2.75, 3.05) is 0 Å². The van der Waals surface area contributed by atoms with Crippen LogP contribution in [0.15, 0.2) is 12.7 Å². The summed E-state index contributed by atoms with van der Waals surface area (Å²) in [6, 6.07) is 0. The number of carboxylic acids is 1. The lowest BCUT2D eigenvalue weighted by Crippen LogP contribution is -2.35. The standard InChI is InChI=1S/C16H28O2/c1-3-5-7-11-16(15(17)18)12-9-14(10-13-16)8-6-4-2/h3,14H,1,4-13H2,2H3,(H,17,18). The quantitative estimate of drug-likeness (QED) is 0.498. The SMILES string of the molecule is C=CCCCC1(C(=O)O)CCC(CCCC)CC1. The molecule has 1 aliphatic carbocycles. The highest BCUT2D eigenvalue weighted by Crippen LogP contribution is 2.44. The monoisotopic (exact) mass is 252 g/mol. The summed E-state index contributed by atoms with van der Waals surface area (Å²) in [4.78, 5) is 11.6. The van der Waals surface area contributed by atoms with E-state index in [9.17, 15) is 9.90 Å². The molecule has 1 N–H and O–H groups in total. The number of carboxylic acid groups (broad SMARTS) is 1. The lowest BCUT2D eigenvalue weighted by molar-refractivity contribution is -0.152. The second-order valence-electron chi connectivity index (χ2n) is 5.85. The molecule has 0 aliphatic heterocycles. The van der Waals surface area contributed by atoms with Gasteiger partial charge in [0, 0.05) is 0 Å². The van der Waals surface area contributed by atoms with Crippen molar-refractivity contribution in [1.29, 1.82) is 0 Å². The van der Waals surface area contributed by atoms with Crippen molar-refractivity contribution in [2.45, 2.75) is 71.1 Å². The number of hydrogen-bond donors (Lipinski definition) is 1. The van der Waals surface area contributed by atoms with Crippen LogP contribution in [0, 0.1) is 11.3 Å². The van der Waals surface area contributed by atoms with Gasteiger partial charge < -0.3 is 5.11 Å². The third kappa shape index (κ3) is 4.15. The first-order valence-electron chi connectivity index (χ1n) is 7.49. The van der Waals surface area contributed by atoms with E-state index < -0.39 is 11.4 Å². The lowest BCUT2D eigenvalue weighted by Gasteiger charge is -2.37. The molecule has 0 aromatic rings. The molecule has 0 aromatic carbocycles. The van der Waals surface area contributed by atoms with Gasteiger partial charge in [-0.25, -0.2) is 0 Å². The Morgan fingerprint density at radius 3 is 2.56 bits per heavy atom. The molecule has 1 fully saturated rings. The van der Waals surface area contributed by atoms with Gasteiger partial charge in [-0.2, -0.15) is 0 Å². The molecule has 0 spiro atoms. The molecule has 2 heteroatoms. The van der Waals surface area contributed by atoms with Crippen molar-refractivity contribution in [3.8, 4) is 0 Å². The maximum Gasteiger partial charge on any atom is 0.309 e. The minimum absolute atomic E-state index is 0.425. The van der Waals surface area contributed by atoms with E-state index in [4.69, 9.17) is 0 Å². The minimum Gasteiger partial charge on any atom is -0.481 e. The number of aliphatic carboxylic acids is 1. The topological polar surface area (TPSA) is 37.3 Å². The van der Waals surface area contributed by atoms with Crippen LogP contribution in [-0.2, 0) is 4.79 Å². The van der Waals surface area contributed by atoms with Gasteiger partial charge in [-0.3, -0.25) is 4.79 Å². The first kappa shape index (κ1) is 15.3. The summed E-state index contributed by atoms with van der Waals surface area (Å²) in [5, 5.41) is 9.52. The second-order valence-corrected chi connectivity index (χ2v) is 5.85. The van der Waals surface area contributed by atoms with Gasteiger partial charge in [0.1, 0.15) is 0 Å². The summed E-state index contributed by atoms with van der Waals surface area (Å²) in [5.74, 6) is 0.206. The largest absolute Gasteiger partial charge is 0.481 e. The van der Waals surface area contributed by atoms with E-state index in [1.807, 2.05) is 6.08 Å². The third-order valence-electron chi connectivity index (χ3n) is 4.55. The maximum atomic E-state index is 11.6. The zero-order chi connectivity index (χ0) is 13.4. The normalized spacial score (nSPS) is 27.9.